The number of primary amides is 1. The van der Waals surface area contributed by atoms with Crippen molar-refractivity contribution in [2.75, 3.05) is 25.1 Å². The fourth-order valence-electron chi connectivity index (χ4n) is 3.50. The van der Waals surface area contributed by atoms with Crippen molar-refractivity contribution in [1.82, 2.24) is 4.98 Å². The fourth-order valence-corrected chi connectivity index (χ4v) is 3.50. The number of H-pyrrole nitrogens is 1. The van der Waals surface area contributed by atoms with Gasteiger partial charge in [-0.05, 0) is 35.0 Å². The van der Waals surface area contributed by atoms with E-state index in [4.69, 9.17) is 5.73 Å². The molecule has 0 fully saturated rings. The quantitative estimate of drug-likeness (QED) is 0.303. The van der Waals surface area contributed by atoms with Crippen molar-refractivity contribution in [2.24, 2.45) is 5.73 Å². The van der Waals surface area contributed by atoms with Gasteiger partial charge in [0.1, 0.15) is 0 Å². The van der Waals surface area contributed by atoms with Crippen LogP contribution in [-0.4, -0.2) is 51.6 Å². The van der Waals surface area contributed by atoms with Crippen LogP contribution in [0.3, 0.4) is 0 Å². The van der Waals surface area contributed by atoms with Crippen LogP contribution >= 0.6 is 0 Å². The van der Waals surface area contributed by atoms with Crippen LogP contribution in [0.4, 0.5) is 5.82 Å². The van der Waals surface area contributed by atoms with Gasteiger partial charge in [0.2, 0.25) is 5.82 Å². The van der Waals surface area contributed by atoms with Gasteiger partial charge in [-0.2, -0.15) is 0 Å². The summed E-state index contributed by atoms with van der Waals surface area (Å²) in [5, 5.41) is 34.9. The molecule has 4 aromatic rings. The maximum Gasteiger partial charge on any atom is 0.268 e. The Kier molecular flexibility index (Phi) is 5.51. The van der Waals surface area contributed by atoms with Crippen molar-refractivity contribution in [2.45, 2.75) is 5.54 Å². The van der Waals surface area contributed by atoms with Crippen LogP contribution in [0.1, 0.15) is 10.4 Å². The summed E-state index contributed by atoms with van der Waals surface area (Å²) in [5.74, 6) is 0.211. The zero-order valence-corrected chi connectivity index (χ0v) is 16.7. The number of aromatic amines is 1. The first-order valence-corrected chi connectivity index (χ1v) is 9.76. The number of amides is 1. The smallest absolute Gasteiger partial charge is 0.268 e. The number of aromatic nitrogens is 2. The zero-order valence-electron chi connectivity index (χ0n) is 16.7. The number of nitrogens with one attached hydrogen (secondary N) is 2. The number of carbonyl (C=O) groups excluding carboxylic acids is 1. The number of carbonyl (C=O) groups is 1. The lowest BCUT2D eigenvalue weighted by Gasteiger charge is -2.26. The third-order valence-corrected chi connectivity index (χ3v) is 5.36. The second-order valence-electron chi connectivity index (χ2n) is 7.47. The number of para-hydroxylation sites is 1. The maximum atomic E-state index is 12.0. The van der Waals surface area contributed by atoms with Gasteiger partial charge in [0.05, 0.1) is 36.3 Å². The largest absolute Gasteiger partial charge is 0.392 e. The van der Waals surface area contributed by atoms with Crippen LogP contribution in [0.15, 0.2) is 60.7 Å². The molecule has 1 aromatic heterocycles. The Bertz CT molecular complexity index is 1260. The number of benzene rings is 3. The highest BCUT2D eigenvalue weighted by Gasteiger charge is 2.33. The Morgan fingerprint density at radius 3 is 2.35 bits per heavy atom. The molecule has 31 heavy (non-hydrogen) atoms. The van der Waals surface area contributed by atoms with Gasteiger partial charge in [0, 0.05) is 0 Å². The second-order valence-corrected chi connectivity index (χ2v) is 7.47. The van der Waals surface area contributed by atoms with Crippen LogP contribution in [-0.2, 0) is 0 Å². The topological polar surface area (TPSA) is 143 Å². The number of nitrogens with zero attached hydrogens (tertiary/aromatic N) is 1. The van der Waals surface area contributed by atoms with E-state index in [0.717, 1.165) is 16.3 Å². The lowest BCUT2D eigenvalue weighted by molar-refractivity contribution is -0.350. The second kappa shape index (κ2) is 8.27. The minimum absolute atomic E-state index is 0.235. The van der Waals surface area contributed by atoms with Gasteiger partial charge < -0.3 is 21.1 Å². The SMILES string of the molecule is NC(=O)c1cccc2c(NC(CO)(CO)CO)[nH+]c(-c3ccc4ccccc4c3)nc12. The maximum absolute atomic E-state index is 12.0. The monoisotopic (exact) mass is 419 g/mol. The number of aliphatic hydroxyl groups excluding tert-OH is 3. The predicted molar refractivity (Wildman–Crippen MR) is 117 cm³/mol. The molecule has 0 aliphatic heterocycles. The molecular weight excluding hydrogens is 396 g/mol. The van der Waals surface area contributed by atoms with Crippen molar-refractivity contribution >= 4 is 33.4 Å². The Morgan fingerprint density at radius 2 is 1.68 bits per heavy atom. The molecule has 158 valence electrons. The number of rotatable bonds is 7. The Balaban J connectivity index is 1.97. The molecule has 1 heterocycles. The number of hydrogen-bond acceptors (Lipinski definition) is 6. The number of hydrogen-bond donors (Lipinski definition) is 5. The molecule has 0 atom stereocenters. The molecule has 8 nitrogen and oxygen atoms in total. The van der Waals surface area contributed by atoms with Crippen LogP contribution < -0.4 is 16.0 Å². The van der Waals surface area contributed by atoms with Gasteiger partial charge in [-0.25, -0.2) is 4.98 Å². The molecule has 8 heteroatoms. The van der Waals surface area contributed by atoms with Gasteiger partial charge in [-0.1, -0.05) is 36.4 Å². The molecule has 0 spiro atoms. The lowest BCUT2D eigenvalue weighted by Crippen LogP contribution is -2.50. The van der Waals surface area contributed by atoms with Gasteiger partial charge in [-0.3, -0.25) is 10.1 Å². The first kappa shape index (κ1) is 20.7. The molecule has 0 saturated carbocycles. The van der Waals surface area contributed by atoms with E-state index in [0.29, 0.717) is 22.5 Å². The third kappa shape index (κ3) is 3.79. The molecule has 0 saturated heterocycles. The normalized spacial score (nSPS) is 11.7. The Labute approximate surface area is 178 Å². The van der Waals surface area contributed by atoms with E-state index >= 15 is 0 Å². The molecule has 0 aliphatic rings. The molecule has 0 radical (unpaired) electrons. The summed E-state index contributed by atoms with van der Waals surface area (Å²) in [6.07, 6.45) is 0. The molecule has 0 aliphatic carbocycles. The molecular formula is C23H23N4O4+. The van der Waals surface area contributed by atoms with Gasteiger partial charge >= 0.3 is 0 Å². The number of nitrogens with two attached hydrogens (primary N) is 1. The lowest BCUT2D eigenvalue weighted by atomic mass is 10.0. The molecule has 4 rings (SSSR count). The molecule has 1 amide bonds. The summed E-state index contributed by atoms with van der Waals surface area (Å²) in [6.45, 7) is -1.55. The number of anilines is 1. The third-order valence-electron chi connectivity index (χ3n) is 5.36. The highest BCUT2D eigenvalue weighted by atomic mass is 16.3. The molecule has 0 bridgehead atoms. The van der Waals surface area contributed by atoms with Crippen molar-refractivity contribution < 1.29 is 25.1 Å². The van der Waals surface area contributed by atoms with Crippen LogP contribution in [0, 0.1) is 0 Å². The standard InChI is InChI=1S/C23H22N4O4/c24-20(31)17-6-3-7-18-19(17)25-21(26-22(18)27-23(11-28,12-29)13-30)16-9-8-14-4-1-2-5-15(14)10-16/h1-10,28-30H,11-13H2,(H2,24,31)(H,25,26,27)/p+1. The summed E-state index contributed by atoms with van der Waals surface area (Å²) < 4.78 is 0. The van der Waals surface area contributed by atoms with E-state index in [1.54, 1.807) is 18.2 Å². The van der Waals surface area contributed by atoms with Gasteiger partial charge in [0.25, 0.3) is 11.7 Å². The average molecular weight is 419 g/mol. The van der Waals surface area contributed by atoms with E-state index in [9.17, 15) is 20.1 Å². The van der Waals surface area contributed by atoms with Crippen molar-refractivity contribution in [1.29, 1.82) is 0 Å². The minimum Gasteiger partial charge on any atom is -0.392 e. The zero-order chi connectivity index (χ0) is 22.0. The van der Waals surface area contributed by atoms with E-state index in [2.05, 4.69) is 15.3 Å². The first-order valence-electron chi connectivity index (χ1n) is 9.76. The van der Waals surface area contributed by atoms with E-state index in [-0.39, 0.29) is 5.56 Å². The predicted octanol–water partition coefficient (Wildman–Crippen LogP) is 1.10. The first-order chi connectivity index (χ1) is 15.0. The van der Waals surface area contributed by atoms with Crippen LogP contribution in [0.25, 0.3) is 33.1 Å². The number of aliphatic hydroxyl groups is 3. The molecule has 3 aromatic carbocycles. The van der Waals surface area contributed by atoms with E-state index in [1.165, 1.54) is 0 Å². The highest BCUT2D eigenvalue weighted by molar-refractivity contribution is 6.07. The van der Waals surface area contributed by atoms with Crippen molar-refractivity contribution in [3.63, 3.8) is 0 Å². The van der Waals surface area contributed by atoms with Crippen LogP contribution in [0.2, 0.25) is 0 Å². The summed E-state index contributed by atoms with van der Waals surface area (Å²) in [7, 11) is 0. The summed E-state index contributed by atoms with van der Waals surface area (Å²) >= 11 is 0. The van der Waals surface area contributed by atoms with E-state index in [1.807, 2.05) is 42.5 Å². The van der Waals surface area contributed by atoms with Gasteiger partial charge in [-0.15, -0.1) is 4.98 Å². The summed E-state index contributed by atoms with van der Waals surface area (Å²) in [4.78, 5) is 19.9. The molecule has 0 unspecified atom stereocenters. The van der Waals surface area contributed by atoms with Crippen molar-refractivity contribution in [3.05, 3.63) is 66.2 Å². The Morgan fingerprint density at radius 1 is 0.968 bits per heavy atom. The minimum atomic E-state index is -1.38. The van der Waals surface area contributed by atoms with Crippen LogP contribution in [0.5, 0.6) is 0 Å². The van der Waals surface area contributed by atoms with E-state index < -0.39 is 31.3 Å². The van der Waals surface area contributed by atoms with Crippen molar-refractivity contribution in [3.8, 4) is 11.4 Å². The van der Waals surface area contributed by atoms with Gasteiger partial charge in [0.15, 0.2) is 11.1 Å². The highest BCUT2D eigenvalue weighted by Crippen LogP contribution is 2.27. The Hall–Kier alpha value is -3.59. The molecule has 7 N–H and O–H groups in total. The summed E-state index contributed by atoms with van der Waals surface area (Å²) in [5.41, 5.74) is 5.56. The fraction of sp³-hybridized carbons (Fsp3) is 0.174. The summed E-state index contributed by atoms with van der Waals surface area (Å²) in [6, 6.07) is 18.7. The number of fused-ring (bicyclic) bond motifs is 2. The average Bonchev–Trinajstić information content (AvgIpc) is 2.81.